The monoisotopic (exact) mass is 834 g/mol. The van der Waals surface area contributed by atoms with Crippen LogP contribution < -0.4 is 11.1 Å². The van der Waals surface area contributed by atoms with E-state index in [1.807, 2.05) is 115 Å². The minimum Gasteiger partial charge on any atom is -0.444 e. The summed E-state index contributed by atoms with van der Waals surface area (Å²) in [6, 6.07) is 17.4. The first-order chi connectivity index (χ1) is 27.8. The summed E-state index contributed by atoms with van der Waals surface area (Å²) in [5.41, 5.74) is 7.93. The van der Waals surface area contributed by atoms with Crippen molar-refractivity contribution in [3.05, 3.63) is 83.4 Å². The highest BCUT2D eigenvalue weighted by Gasteiger charge is 2.56. The standard InChI is InChI=1S/C43H59ClN8O7/c1-41(2,3)58-39(53)49-31(24-29-12-10-9-11-13-29)19-20-50(22-23-51(40(54)59-42(4,5)6)21-18-28-14-16-30(44)17-15-28)25-32-34-35(57-43(7,8)56-34)38(55-32)52-27-48-33-36(45)46-26-47-37(33)52/h9-17,26-27,31-32,34-35,38H,18-25H2,1-8H3,(H,49,53)(H2,45,46,47)/t31-,32+,34+,35+,38+/m0/s1. The number of anilines is 1. The van der Waals surface area contributed by atoms with E-state index in [1.165, 1.54) is 6.33 Å². The lowest BCUT2D eigenvalue weighted by Crippen LogP contribution is -2.47. The number of nitrogens with one attached hydrogen (secondary N) is 1. The van der Waals surface area contributed by atoms with Gasteiger partial charge in [0.1, 0.15) is 41.4 Å². The lowest BCUT2D eigenvalue weighted by atomic mass is 10.0. The third kappa shape index (κ3) is 12.3. The van der Waals surface area contributed by atoms with Crippen molar-refractivity contribution in [2.24, 2.45) is 0 Å². The number of nitrogen functional groups attached to an aromatic ring is 1. The Hall–Kier alpha value is -4.54. The van der Waals surface area contributed by atoms with E-state index in [9.17, 15) is 9.59 Å². The second kappa shape index (κ2) is 18.4. The highest BCUT2D eigenvalue weighted by atomic mass is 35.5. The fourth-order valence-electron chi connectivity index (χ4n) is 7.37. The molecule has 16 heteroatoms. The Balaban J connectivity index is 1.27. The number of halogens is 1. The summed E-state index contributed by atoms with van der Waals surface area (Å²) in [5, 5.41) is 3.78. The number of carbonyl (C=O) groups excluding carboxylic acids is 2. The van der Waals surface area contributed by atoms with Crippen molar-refractivity contribution in [1.82, 2.24) is 34.6 Å². The van der Waals surface area contributed by atoms with Crippen LogP contribution in [0.2, 0.25) is 5.02 Å². The molecule has 2 aromatic carbocycles. The van der Waals surface area contributed by atoms with Gasteiger partial charge in [-0.1, -0.05) is 54.1 Å². The molecule has 6 rings (SSSR count). The van der Waals surface area contributed by atoms with Gasteiger partial charge in [-0.15, -0.1) is 0 Å². The van der Waals surface area contributed by atoms with Gasteiger partial charge in [-0.2, -0.15) is 0 Å². The Bertz CT molecular complexity index is 2020. The number of hydrogen-bond acceptors (Lipinski definition) is 12. The lowest BCUT2D eigenvalue weighted by Gasteiger charge is -2.33. The molecule has 0 saturated carbocycles. The van der Waals surface area contributed by atoms with E-state index in [1.54, 1.807) is 11.2 Å². The van der Waals surface area contributed by atoms with Gasteiger partial charge in [0.2, 0.25) is 0 Å². The molecule has 2 aliphatic heterocycles. The molecule has 0 bridgehead atoms. The fraction of sp³-hybridized carbons (Fsp3) is 0.558. The number of nitrogens with zero attached hydrogens (tertiary/aromatic N) is 6. The average molecular weight is 835 g/mol. The highest BCUT2D eigenvalue weighted by molar-refractivity contribution is 6.30. The summed E-state index contributed by atoms with van der Waals surface area (Å²) in [6.45, 7) is 17.1. The first-order valence-electron chi connectivity index (χ1n) is 20.2. The molecular formula is C43H59ClN8O7. The third-order valence-corrected chi connectivity index (χ3v) is 10.2. The molecular weight excluding hydrogens is 776 g/mol. The van der Waals surface area contributed by atoms with Gasteiger partial charge in [0, 0.05) is 43.8 Å². The summed E-state index contributed by atoms with van der Waals surface area (Å²) >= 11 is 6.16. The minimum atomic E-state index is -0.877. The summed E-state index contributed by atoms with van der Waals surface area (Å²) in [5.74, 6) is -0.608. The average Bonchev–Trinajstić information content (AvgIpc) is 3.81. The van der Waals surface area contributed by atoms with Gasteiger partial charge >= 0.3 is 12.2 Å². The Labute approximate surface area is 351 Å². The maximum absolute atomic E-state index is 13.7. The van der Waals surface area contributed by atoms with Gasteiger partial charge < -0.3 is 39.6 Å². The van der Waals surface area contributed by atoms with Gasteiger partial charge in [-0.05, 0) is 97.9 Å². The number of aromatic nitrogens is 4. The van der Waals surface area contributed by atoms with Crippen LogP contribution in [0.4, 0.5) is 15.4 Å². The molecule has 3 N–H and O–H groups in total. The summed E-state index contributed by atoms with van der Waals surface area (Å²) in [4.78, 5) is 43.9. The third-order valence-electron chi connectivity index (χ3n) is 9.99. The summed E-state index contributed by atoms with van der Waals surface area (Å²) in [6.07, 6.45) is 1.92. The second-order valence-electron chi connectivity index (χ2n) is 17.7. The Morgan fingerprint density at radius 1 is 0.898 bits per heavy atom. The molecule has 59 heavy (non-hydrogen) atoms. The Morgan fingerprint density at radius 2 is 1.59 bits per heavy atom. The zero-order chi connectivity index (χ0) is 42.5. The quantitative estimate of drug-likeness (QED) is 0.129. The molecule has 0 aliphatic carbocycles. The zero-order valence-corrected chi connectivity index (χ0v) is 36.1. The van der Waals surface area contributed by atoms with Crippen LogP contribution >= 0.6 is 11.6 Å². The van der Waals surface area contributed by atoms with Gasteiger partial charge in [0.25, 0.3) is 0 Å². The van der Waals surface area contributed by atoms with E-state index in [4.69, 9.17) is 41.0 Å². The van der Waals surface area contributed by atoms with Crippen molar-refractivity contribution in [2.45, 2.75) is 122 Å². The molecule has 2 fully saturated rings. The Morgan fingerprint density at radius 3 is 2.29 bits per heavy atom. The first kappa shape index (κ1) is 44.0. The molecule has 2 aromatic heterocycles. The van der Waals surface area contributed by atoms with Crippen LogP contribution in [0.25, 0.3) is 11.2 Å². The number of ether oxygens (including phenoxy) is 5. The number of imidazole rings is 1. The van der Waals surface area contributed by atoms with Crippen molar-refractivity contribution in [1.29, 1.82) is 0 Å². The fourth-order valence-corrected chi connectivity index (χ4v) is 7.50. The summed E-state index contributed by atoms with van der Waals surface area (Å²) in [7, 11) is 0. The molecule has 0 radical (unpaired) electrons. The number of carbonyl (C=O) groups is 2. The molecule has 2 saturated heterocycles. The van der Waals surface area contributed by atoms with Crippen molar-refractivity contribution in [3.8, 4) is 0 Å². The normalized spacial score (nSPS) is 20.7. The van der Waals surface area contributed by atoms with Crippen LogP contribution in [0, 0.1) is 0 Å². The van der Waals surface area contributed by atoms with Crippen molar-refractivity contribution >= 4 is 40.8 Å². The molecule has 2 aliphatic rings. The SMILES string of the molecule is CC(C)(C)OC(=O)N[C@@H](CCN(CCN(CCc1ccc(Cl)cc1)C(=O)OC(C)(C)C)C[C@H]1O[C@@H](n2cnc3c(N)ncnc32)[C@@H]2OC(C)(C)O[C@@H]21)Cc1ccccc1. The second-order valence-corrected chi connectivity index (χ2v) is 18.1. The number of rotatable bonds is 15. The number of fused-ring (bicyclic) bond motifs is 2. The van der Waals surface area contributed by atoms with Crippen molar-refractivity contribution in [3.63, 3.8) is 0 Å². The molecule has 4 aromatic rings. The number of nitrogens with two attached hydrogens (primary N) is 1. The van der Waals surface area contributed by atoms with Gasteiger partial charge in [-0.3, -0.25) is 9.47 Å². The zero-order valence-electron chi connectivity index (χ0n) is 35.4. The summed E-state index contributed by atoms with van der Waals surface area (Å²) < 4.78 is 33.2. The number of alkyl carbamates (subject to hydrolysis) is 1. The molecule has 15 nitrogen and oxygen atoms in total. The van der Waals surface area contributed by atoms with Crippen LogP contribution in [-0.2, 0) is 36.5 Å². The molecule has 0 spiro atoms. The van der Waals surface area contributed by atoms with Crippen molar-refractivity contribution in [2.75, 3.05) is 38.5 Å². The van der Waals surface area contributed by atoms with Gasteiger partial charge in [0.05, 0.1) is 6.33 Å². The van der Waals surface area contributed by atoms with Crippen molar-refractivity contribution < 1.29 is 33.3 Å². The van der Waals surface area contributed by atoms with Crippen LogP contribution in [0.5, 0.6) is 0 Å². The Kier molecular flexibility index (Phi) is 13.7. The van der Waals surface area contributed by atoms with Crippen LogP contribution in [0.3, 0.4) is 0 Å². The van der Waals surface area contributed by atoms with E-state index in [2.05, 4.69) is 25.2 Å². The molecule has 320 valence electrons. The van der Waals surface area contributed by atoms with Gasteiger partial charge in [-0.25, -0.2) is 24.5 Å². The maximum atomic E-state index is 13.7. The lowest BCUT2D eigenvalue weighted by molar-refractivity contribution is -0.198. The van der Waals surface area contributed by atoms with E-state index >= 15 is 0 Å². The number of benzene rings is 2. The molecule has 0 unspecified atom stereocenters. The predicted molar refractivity (Wildman–Crippen MR) is 225 cm³/mol. The van der Waals surface area contributed by atoms with Crippen LogP contribution in [0.15, 0.2) is 67.3 Å². The molecule has 4 heterocycles. The number of hydrogen-bond donors (Lipinski definition) is 2. The van der Waals surface area contributed by atoms with Crippen LogP contribution in [-0.4, -0.2) is 116 Å². The van der Waals surface area contributed by atoms with Gasteiger partial charge in [0.15, 0.2) is 23.5 Å². The highest BCUT2D eigenvalue weighted by Crippen LogP contribution is 2.44. The predicted octanol–water partition coefficient (Wildman–Crippen LogP) is 6.79. The maximum Gasteiger partial charge on any atom is 0.410 e. The van der Waals surface area contributed by atoms with E-state index in [0.717, 1.165) is 11.1 Å². The molecule has 5 atom stereocenters. The topological polar surface area (TPSA) is 168 Å². The first-order valence-corrected chi connectivity index (χ1v) is 20.6. The number of amides is 2. The largest absolute Gasteiger partial charge is 0.444 e. The molecule has 2 amide bonds. The van der Waals surface area contributed by atoms with E-state index < -0.39 is 53.7 Å². The smallest absolute Gasteiger partial charge is 0.410 e. The van der Waals surface area contributed by atoms with Crippen LogP contribution in [0.1, 0.15) is 79.2 Å². The van der Waals surface area contributed by atoms with E-state index in [-0.39, 0.29) is 11.9 Å². The minimum absolute atomic E-state index is 0.265. The van der Waals surface area contributed by atoms with E-state index in [0.29, 0.717) is 68.2 Å².